The third-order valence-electron chi connectivity index (χ3n) is 4.75. The fourth-order valence-electron chi connectivity index (χ4n) is 3.34. The molecule has 0 spiro atoms. The Morgan fingerprint density at radius 3 is 2.48 bits per heavy atom. The number of hydrogen-bond donors (Lipinski definition) is 1. The van der Waals surface area contributed by atoms with Gasteiger partial charge in [0, 0.05) is 32.6 Å². The second kappa shape index (κ2) is 8.04. The van der Waals surface area contributed by atoms with Gasteiger partial charge >= 0.3 is 0 Å². The smallest absolute Gasteiger partial charge is 0.209 e. The second-order valence-electron chi connectivity index (χ2n) is 7.39. The highest BCUT2D eigenvalue weighted by molar-refractivity contribution is 7.88. The molecular weight excluding hydrogens is 369 g/mol. The minimum atomic E-state index is -3.36. The van der Waals surface area contributed by atoms with E-state index in [1.165, 1.54) is 12.1 Å². The lowest BCUT2D eigenvalue weighted by molar-refractivity contribution is 0.269. The minimum Gasteiger partial charge on any atom is -0.312 e. The Balaban J connectivity index is 1.75. The van der Waals surface area contributed by atoms with Crippen molar-refractivity contribution >= 4 is 10.0 Å². The van der Waals surface area contributed by atoms with Crippen molar-refractivity contribution in [2.75, 3.05) is 19.3 Å². The number of benzene rings is 1. The summed E-state index contributed by atoms with van der Waals surface area (Å²) < 4.78 is 41.3. The molecule has 27 heavy (non-hydrogen) atoms. The van der Waals surface area contributed by atoms with E-state index in [0.717, 1.165) is 43.7 Å². The monoisotopic (exact) mass is 395 g/mol. The van der Waals surface area contributed by atoms with Gasteiger partial charge in [0.05, 0.1) is 12.3 Å². The largest absolute Gasteiger partial charge is 0.312 e. The molecule has 1 aromatic heterocycles. The predicted molar refractivity (Wildman–Crippen MR) is 101 cm³/mol. The van der Waals surface area contributed by atoms with Gasteiger partial charge in [0.15, 0.2) is 5.82 Å². The van der Waals surface area contributed by atoms with Gasteiger partial charge in [0.25, 0.3) is 0 Å². The zero-order chi connectivity index (χ0) is 19.6. The van der Waals surface area contributed by atoms with Crippen molar-refractivity contribution in [3.05, 3.63) is 47.3 Å². The zero-order valence-corrected chi connectivity index (χ0v) is 16.7. The van der Waals surface area contributed by atoms with Crippen molar-refractivity contribution in [3.8, 4) is 0 Å². The maximum atomic E-state index is 13.1. The summed E-state index contributed by atoms with van der Waals surface area (Å²) in [6.07, 6.45) is 1.89. The van der Waals surface area contributed by atoms with Gasteiger partial charge in [-0.1, -0.05) is 26.0 Å². The molecule has 0 saturated carbocycles. The molecule has 9 heteroatoms. The summed E-state index contributed by atoms with van der Waals surface area (Å²) in [6, 6.07) is 6.15. The summed E-state index contributed by atoms with van der Waals surface area (Å²) in [6.45, 7) is 6.96. The molecule has 0 aliphatic carbocycles. The number of halogens is 1. The van der Waals surface area contributed by atoms with Crippen LogP contribution >= 0.6 is 0 Å². The number of nitrogens with one attached hydrogen (secondary N) is 1. The van der Waals surface area contributed by atoms with Crippen LogP contribution in [0.15, 0.2) is 24.3 Å². The van der Waals surface area contributed by atoms with Crippen LogP contribution in [0.2, 0.25) is 0 Å². The molecule has 1 aliphatic rings. The fourth-order valence-corrected chi connectivity index (χ4v) is 4.18. The molecule has 0 fully saturated rings. The summed E-state index contributed by atoms with van der Waals surface area (Å²) in [5.41, 5.74) is 1.06. The Bertz CT molecular complexity index is 880. The number of hydrogen-bond acceptors (Lipinski definition) is 5. The lowest BCUT2D eigenvalue weighted by Gasteiger charge is -2.22. The van der Waals surface area contributed by atoms with Crippen LogP contribution in [-0.2, 0) is 29.5 Å². The maximum absolute atomic E-state index is 13.1. The van der Waals surface area contributed by atoms with Crippen molar-refractivity contribution in [1.29, 1.82) is 0 Å². The molecule has 0 radical (unpaired) electrons. The first kappa shape index (κ1) is 19.9. The van der Waals surface area contributed by atoms with E-state index < -0.39 is 16.1 Å². The molecule has 2 heterocycles. The molecule has 0 bridgehead atoms. The van der Waals surface area contributed by atoms with Crippen LogP contribution in [-0.4, -0.2) is 47.4 Å². The lowest BCUT2D eigenvalue weighted by Crippen LogP contribution is -2.33. The Hall–Kier alpha value is -1.84. The van der Waals surface area contributed by atoms with E-state index in [1.807, 2.05) is 18.4 Å². The molecule has 1 aromatic carbocycles. The van der Waals surface area contributed by atoms with Crippen LogP contribution in [0.1, 0.15) is 37.1 Å². The van der Waals surface area contributed by atoms with Crippen LogP contribution < -0.4 is 4.72 Å². The molecule has 2 aromatic rings. The summed E-state index contributed by atoms with van der Waals surface area (Å²) in [4.78, 5) is 2.29. The van der Waals surface area contributed by atoms with E-state index in [2.05, 4.69) is 19.8 Å². The molecule has 0 amide bonds. The Morgan fingerprint density at radius 2 is 1.85 bits per heavy atom. The number of fused-ring (bicyclic) bond motifs is 1. The summed E-state index contributed by atoms with van der Waals surface area (Å²) in [5.74, 6) is 1.34. The van der Waals surface area contributed by atoms with E-state index in [1.54, 1.807) is 12.1 Å². The van der Waals surface area contributed by atoms with Gasteiger partial charge in [-0.25, -0.2) is 17.5 Å². The topological polar surface area (TPSA) is 80.1 Å². The highest BCUT2D eigenvalue weighted by atomic mass is 32.2. The zero-order valence-electron chi connectivity index (χ0n) is 15.9. The van der Waals surface area contributed by atoms with Crippen molar-refractivity contribution in [1.82, 2.24) is 24.4 Å². The Labute approximate surface area is 159 Å². The maximum Gasteiger partial charge on any atom is 0.209 e. The average molecular weight is 396 g/mol. The first-order valence-corrected chi connectivity index (χ1v) is 11.0. The third-order valence-corrected chi connectivity index (χ3v) is 5.43. The van der Waals surface area contributed by atoms with Gasteiger partial charge < -0.3 is 4.57 Å². The van der Waals surface area contributed by atoms with Crippen molar-refractivity contribution in [3.63, 3.8) is 0 Å². The minimum absolute atomic E-state index is 0.0478. The van der Waals surface area contributed by atoms with Crippen LogP contribution in [0.5, 0.6) is 0 Å². The molecule has 1 N–H and O–H groups in total. The quantitative estimate of drug-likeness (QED) is 0.806. The normalized spacial score (nSPS) is 16.9. The second-order valence-corrected chi connectivity index (χ2v) is 9.17. The first-order valence-electron chi connectivity index (χ1n) is 9.09. The number of nitrogens with zero attached hydrogens (tertiary/aromatic N) is 4. The SMILES string of the molecule is CC(C)C(NS(C)(=O)=O)c1nnc2n1CCN(Cc1ccc(F)cc1)CC2. The fraction of sp³-hybridized carbons (Fsp3) is 0.556. The van der Waals surface area contributed by atoms with Crippen LogP contribution in [0.3, 0.4) is 0 Å². The first-order chi connectivity index (χ1) is 12.7. The van der Waals surface area contributed by atoms with E-state index in [0.29, 0.717) is 12.4 Å². The summed E-state index contributed by atoms with van der Waals surface area (Å²) in [7, 11) is -3.36. The highest BCUT2D eigenvalue weighted by Crippen LogP contribution is 2.23. The molecule has 3 rings (SSSR count). The average Bonchev–Trinajstić information content (AvgIpc) is 2.88. The van der Waals surface area contributed by atoms with Gasteiger partial charge in [0.1, 0.15) is 11.6 Å². The molecule has 1 aliphatic heterocycles. The lowest BCUT2D eigenvalue weighted by atomic mass is 10.1. The molecule has 1 atom stereocenters. The number of rotatable bonds is 6. The van der Waals surface area contributed by atoms with Crippen molar-refractivity contribution in [2.24, 2.45) is 5.92 Å². The van der Waals surface area contributed by atoms with E-state index in [-0.39, 0.29) is 11.7 Å². The molecular formula is C18H26FN5O2S. The number of aromatic nitrogens is 3. The van der Waals surface area contributed by atoms with E-state index in [9.17, 15) is 12.8 Å². The van der Waals surface area contributed by atoms with Crippen molar-refractivity contribution < 1.29 is 12.8 Å². The highest BCUT2D eigenvalue weighted by Gasteiger charge is 2.28. The number of sulfonamides is 1. The summed E-state index contributed by atoms with van der Waals surface area (Å²) in [5, 5.41) is 8.59. The standard InChI is InChI=1S/C18H26FN5O2S/c1-13(2)17(22-27(3,25)26)18-21-20-16-8-9-23(10-11-24(16)18)12-14-4-6-15(19)7-5-14/h4-7,13,17,22H,8-12H2,1-3H3. The van der Waals surface area contributed by atoms with Crippen LogP contribution in [0.4, 0.5) is 4.39 Å². The van der Waals surface area contributed by atoms with Gasteiger partial charge in [-0.15, -0.1) is 10.2 Å². The van der Waals surface area contributed by atoms with Gasteiger partial charge in [-0.2, -0.15) is 0 Å². The third kappa shape index (κ3) is 5.12. The van der Waals surface area contributed by atoms with Gasteiger partial charge in [0.2, 0.25) is 10.0 Å². The van der Waals surface area contributed by atoms with Crippen LogP contribution in [0.25, 0.3) is 0 Å². The predicted octanol–water partition coefficient (Wildman–Crippen LogP) is 1.72. The molecule has 7 nitrogen and oxygen atoms in total. The molecule has 148 valence electrons. The Kier molecular flexibility index (Phi) is 5.92. The van der Waals surface area contributed by atoms with E-state index in [4.69, 9.17) is 0 Å². The van der Waals surface area contributed by atoms with E-state index >= 15 is 0 Å². The van der Waals surface area contributed by atoms with Crippen molar-refractivity contribution in [2.45, 2.75) is 39.4 Å². The Morgan fingerprint density at radius 1 is 1.15 bits per heavy atom. The van der Waals surface area contributed by atoms with Gasteiger partial charge in [-0.05, 0) is 23.6 Å². The molecule has 0 saturated heterocycles. The molecule has 1 unspecified atom stereocenters. The van der Waals surface area contributed by atoms with Gasteiger partial charge in [-0.3, -0.25) is 4.90 Å². The van der Waals surface area contributed by atoms with Crippen LogP contribution in [0, 0.1) is 11.7 Å². The summed E-state index contributed by atoms with van der Waals surface area (Å²) >= 11 is 0.